The first kappa shape index (κ1) is 15.0. The second-order valence-corrected chi connectivity index (χ2v) is 4.79. The highest BCUT2D eigenvalue weighted by Crippen LogP contribution is 2.35. The number of amides is 1. The monoisotopic (exact) mass is 268 g/mol. The van der Waals surface area contributed by atoms with Crippen LogP contribution in [0.15, 0.2) is 30.3 Å². The second-order valence-electron chi connectivity index (χ2n) is 4.79. The lowest BCUT2D eigenvalue weighted by Crippen LogP contribution is -2.42. The molecule has 0 aliphatic heterocycles. The number of halogens is 1. The highest BCUT2D eigenvalue weighted by Gasteiger charge is 2.33. The highest BCUT2D eigenvalue weighted by atomic mass is 35.5. The molecule has 1 fully saturated rings. The van der Waals surface area contributed by atoms with Crippen molar-refractivity contribution in [2.75, 3.05) is 6.54 Å². The van der Waals surface area contributed by atoms with E-state index in [9.17, 15) is 4.79 Å². The summed E-state index contributed by atoms with van der Waals surface area (Å²) in [7, 11) is 0. The van der Waals surface area contributed by atoms with Gasteiger partial charge in [-0.15, -0.1) is 12.4 Å². The summed E-state index contributed by atoms with van der Waals surface area (Å²) in [6.07, 6.45) is 2.48. The summed E-state index contributed by atoms with van der Waals surface area (Å²) < 4.78 is 0. The van der Waals surface area contributed by atoms with E-state index in [0.717, 1.165) is 0 Å². The number of rotatable bonds is 5. The molecule has 1 aliphatic carbocycles. The maximum absolute atomic E-state index is 11.9. The molecule has 1 unspecified atom stereocenters. The van der Waals surface area contributed by atoms with E-state index < -0.39 is 0 Å². The van der Waals surface area contributed by atoms with Crippen LogP contribution in [0.1, 0.15) is 25.3 Å². The van der Waals surface area contributed by atoms with Gasteiger partial charge in [0.05, 0.1) is 6.54 Å². The number of hydrogen-bond donors (Lipinski definition) is 1. The quantitative estimate of drug-likeness (QED) is 0.890. The summed E-state index contributed by atoms with van der Waals surface area (Å²) in [5, 5.41) is 0. The molecule has 1 saturated carbocycles. The Morgan fingerprint density at radius 2 is 2.00 bits per heavy atom. The van der Waals surface area contributed by atoms with Crippen molar-refractivity contribution in [3.8, 4) is 0 Å². The van der Waals surface area contributed by atoms with Crippen LogP contribution in [0.5, 0.6) is 0 Å². The Labute approximate surface area is 115 Å². The lowest BCUT2D eigenvalue weighted by Gasteiger charge is -2.29. The smallest absolute Gasteiger partial charge is 0.236 e. The summed E-state index contributed by atoms with van der Waals surface area (Å²) in [5.41, 5.74) is 6.66. The minimum Gasteiger partial charge on any atom is -0.334 e. The number of carbonyl (C=O) groups is 1. The summed E-state index contributed by atoms with van der Waals surface area (Å²) in [6, 6.07) is 10.4. The minimum atomic E-state index is 0. The van der Waals surface area contributed by atoms with Crippen LogP contribution in [-0.2, 0) is 11.3 Å². The van der Waals surface area contributed by atoms with Gasteiger partial charge in [-0.2, -0.15) is 0 Å². The Morgan fingerprint density at radius 3 is 2.50 bits per heavy atom. The van der Waals surface area contributed by atoms with E-state index in [-0.39, 0.29) is 24.9 Å². The zero-order valence-corrected chi connectivity index (χ0v) is 11.5. The molecule has 2 rings (SSSR count). The number of nitrogens with two attached hydrogens (primary N) is 1. The van der Waals surface area contributed by atoms with E-state index in [1.54, 1.807) is 0 Å². The predicted octanol–water partition coefficient (Wildman–Crippen LogP) is 2.19. The minimum absolute atomic E-state index is 0. The van der Waals surface area contributed by atoms with Gasteiger partial charge < -0.3 is 10.6 Å². The Balaban J connectivity index is 0.00000162. The summed E-state index contributed by atoms with van der Waals surface area (Å²) in [4.78, 5) is 13.8. The van der Waals surface area contributed by atoms with Crippen LogP contribution >= 0.6 is 12.4 Å². The molecule has 1 aromatic carbocycles. The largest absolute Gasteiger partial charge is 0.334 e. The Kier molecular flexibility index (Phi) is 5.63. The fourth-order valence-electron chi connectivity index (χ4n) is 2.19. The first-order valence-corrected chi connectivity index (χ1v) is 6.26. The number of hydrogen-bond acceptors (Lipinski definition) is 2. The molecule has 0 bridgehead atoms. The van der Waals surface area contributed by atoms with Crippen molar-refractivity contribution < 1.29 is 4.79 Å². The van der Waals surface area contributed by atoms with Crippen molar-refractivity contribution in [2.45, 2.75) is 32.4 Å². The molecule has 1 aliphatic rings. The van der Waals surface area contributed by atoms with E-state index in [4.69, 9.17) is 5.73 Å². The van der Waals surface area contributed by atoms with Crippen molar-refractivity contribution in [2.24, 2.45) is 11.7 Å². The van der Waals surface area contributed by atoms with Gasteiger partial charge in [-0.05, 0) is 31.2 Å². The van der Waals surface area contributed by atoms with Crippen LogP contribution in [-0.4, -0.2) is 23.4 Å². The van der Waals surface area contributed by atoms with E-state index >= 15 is 0 Å². The molecule has 0 radical (unpaired) electrons. The average molecular weight is 269 g/mol. The Hall–Kier alpha value is -1.06. The van der Waals surface area contributed by atoms with Crippen molar-refractivity contribution in [1.29, 1.82) is 0 Å². The van der Waals surface area contributed by atoms with Crippen molar-refractivity contribution in [1.82, 2.24) is 4.90 Å². The lowest BCUT2D eigenvalue weighted by atomic mass is 10.1. The third kappa shape index (κ3) is 3.72. The molecule has 1 amide bonds. The van der Waals surface area contributed by atoms with Crippen LogP contribution in [0, 0.1) is 5.92 Å². The highest BCUT2D eigenvalue weighted by molar-refractivity contribution is 5.85. The van der Waals surface area contributed by atoms with Crippen LogP contribution in [0.3, 0.4) is 0 Å². The number of carbonyl (C=O) groups excluding carboxylic acids is 1. The maximum Gasteiger partial charge on any atom is 0.236 e. The molecule has 3 nitrogen and oxygen atoms in total. The van der Waals surface area contributed by atoms with Crippen LogP contribution in [0.25, 0.3) is 0 Å². The number of nitrogens with zero attached hydrogens (tertiary/aromatic N) is 1. The van der Waals surface area contributed by atoms with E-state index in [1.807, 2.05) is 23.1 Å². The lowest BCUT2D eigenvalue weighted by molar-refractivity contribution is -0.132. The molecule has 0 aromatic heterocycles. The fraction of sp³-hybridized carbons (Fsp3) is 0.500. The van der Waals surface area contributed by atoms with Gasteiger partial charge in [0, 0.05) is 12.6 Å². The van der Waals surface area contributed by atoms with Gasteiger partial charge in [-0.25, -0.2) is 0 Å². The van der Waals surface area contributed by atoms with Gasteiger partial charge >= 0.3 is 0 Å². The predicted molar refractivity (Wildman–Crippen MR) is 75.5 cm³/mol. The molecule has 4 heteroatoms. The Morgan fingerprint density at radius 1 is 1.39 bits per heavy atom. The topological polar surface area (TPSA) is 46.3 Å². The summed E-state index contributed by atoms with van der Waals surface area (Å²) in [5.74, 6) is 0.725. The molecule has 0 heterocycles. The SMILES string of the molecule is CC(C1CC1)N(Cc1ccccc1)C(=O)CN.Cl. The first-order valence-electron chi connectivity index (χ1n) is 6.26. The third-order valence-electron chi connectivity index (χ3n) is 3.49. The van der Waals surface area contributed by atoms with Crippen LogP contribution in [0.4, 0.5) is 0 Å². The Bertz CT molecular complexity index is 379. The van der Waals surface area contributed by atoms with Gasteiger partial charge in [0.25, 0.3) is 0 Å². The summed E-state index contributed by atoms with van der Waals surface area (Å²) in [6.45, 7) is 2.91. The van der Waals surface area contributed by atoms with Crippen molar-refractivity contribution >= 4 is 18.3 Å². The molecule has 1 atom stereocenters. The molecule has 0 saturated heterocycles. The average Bonchev–Trinajstić information content (AvgIpc) is 3.20. The molecular weight excluding hydrogens is 248 g/mol. The third-order valence-corrected chi connectivity index (χ3v) is 3.49. The van der Waals surface area contributed by atoms with Gasteiger partial charge in [0.2, 0.25) is 5.91 Å². The first-order chi connectivity index (χ1) is 8.22. The molecule has 0 spiro atoms. The zero-order valence-electron chi connectivity index (χ0n) is 10.7. The van der Waals surface area contributed by atoms with Gasteiger partial charge in [-0.1, -0.05) is 30.3 Å². The van der Waals surface area contributed by atoms with E-state index in [0.29, 0.717) is 18.5 Å². The van der Waals surface area contributed by atoms with E-state index in [1.165, 1.54) is 18.4 Å². The standard InChI is InChI=1S/C14H20N2O.ClH/c1-11(13-7-8-13)16(14(17)9-15)10-12-5-3-2-4-6-12;/h2-6,11,13H,7-10,15H2,1H3;1H. The van der Waals surface area contributed by atoms with E-state index in [2.05, 4.69) is 19.1 Å². The fourth-order valence-corrected chi connectivity index (χ4v) is 2.19. The van der Waals surface area contributed by atoms with Crippen LogP contribution in [0.2, 0.25) is 0 Å². The van der Waals surface area contributed by atoms with Crippen LogP contribution < -0.4 is 5.73 Å². The molecular formula is C14H21ClN2O. The molecule has 1 aromatic rings. The number of benzene rings is 1. The molecule has 100 valence electrons. The van der Waals surface area contributed by atoms with Gasteiger partial charge in [0.15, 0.2) is 0 Å². The summed E-state index contributed by atoms with van der Waals surface area (Å²) >= 11 is 0. The van der Waals surface area contributed by atoms with Gasteiger partial charge in [0.1, 0.15) is 0 Å². The zero-order chi connectivity index (χ0) is 12.3. The maximum atomic E-state index is 11.9. The normalized spacial score (nSPS) is 15.7. The van der Waals surface area contributed by atoms with Gasteiger partial charge in [-0.3, -0.25) is 4.79 Å². The molecule has 18 heavy (non-hydrogen) atoms. The van der Waals surface area contributed by atoms with Crippen molar-refractivity contribution in [3.05, 3.63) is 35.9 Å². The van der Waals surface area contributed by atoms with Crippen molar-refractivity contribution in [3.63, 3.8) is 0 Å². The second kappa shape index (κ2) is 6.76. The molecule has 2 N–H and O–H groups in total.